The molecule has 2 fully saturated rings. The quantitative estimate of drug-likeness (QED) is 0.782. The van der Waals surface area contributed by atoms with Gasteiger partial charge in [-0.15, -0.1) is 0 Å². The van der Waals surface area contributed by atoms with Crippen LogP contribution in [0.15, 0.2) is 12.7 Å². The van der Waals surface area contributed by atoms with E-state index in [2.05, 4.69) is 40.6 Å². The number of anilines is 1. The van der Waals surface area contributed by atoms with E-state index in [9.17, 15) is 0 Å². The molecule has 4 rings (SSSR count). The van der Waals surface area contributed by atoms with Gasteiger partial charge in [0.2, 0.25) is 0 Å². The predicted molar refractivity (Wildman–Crippen MR) is 107 cm³/mol. The first-order valence-electron chi connectivity index (χ1n) is 9.66. The molecule has 0 radical (unpaired) electrons. The highest BCUT2D eigenvalue weighted by Crippen LogP contribution is 2.38. The van der Waals surface area contributed by atoms with Crippen LogP contribution in [-0.2, 0) is 9.26 Å². The Labute approximate surface area is 161 Å². The lowest BCUT2D eigenvalue weighted by Gasteiger charge is -2.36. The van der Waals surface area contributed by atoms with Crippen LogP contribution in [0.1, 0.15) is 52.7 Å². The van der Waals surface area contributed by atoms with Crippen LogP contribution in [0, 0.1) is 0 Å². The van der Waals surface area contributed by atoms with Gasteiger partial charge < -0.3 is 15.0 Å². The Morgan fingerprint density at radius 1 is 1.26 bits per heavy atom. The molecule has 0 amide bonds. The van der Waals surface area contributed by atoms with E-state index in [1.54, 1.807) is 6.33 Å². The van der Waals surface area contributed by atoms with Crippen LogP contribution in [0.3, 0.4) is 0 Å². The molecular weight excluding hydrogens is 363 g/mol. The molecule has 2 aromatic rings. The van der Waals surface area contributed by atoms with E-state index < -0.39 is 0 Å². The Morgan fingerprint density at radius 2 is 2.11 bits per heavy atom. The van der Waals surface area contributed by atoms with Crippen LogP contribution in [-0.4, -0.2) is 55.0 Å². The zero-order valence-electron chi connectivity index (χ0n) is 16.3. The van der Waals surface area contributed by atoms with Crippen LogP contribution in [0.4, 0.5) is 5.82 Å². The van der Waals surface area contributed by atoms with Gasteiger partial charge in [0.25, 0.3) is 0 Å². The monoisotopic (exact) mass is 392 g/mol. The fourth-order valence-corrected chi connectivity index (χ4v) is 5.46. The number of imidazole rings is 1. The summed E-state index contributed by atoms with van der Waals surface area (Å²) in [4.78, 5) is 15.2. The van der Waals surface area contributed by atoms with Crippen molar-refractivity contribution in [3.8, 4) is 0 Å². The predicted octanol–water partition coefficient (Wildman–Crippen LogP) is 2.92. The molecule has 4 atom stereocenters. The second kappa shape index (κ2) is 7.59. The fourth-order valence-electron chi connectivity index (χ4n) is 4.02. The van der Waals surface area contributed by atoms with Crippen molar-refractivity contribution in [2.45, 2.75) is 70.1 Å². The molecule has 2 saturated heterocycles. The Balaban J connectivity index is 1.31. The zero-order chi connectivity index (χ0) is 19.0. The van der Waals surface area contributed by atoms with Crippen molar-refractivity contribution in [2.75, 3.05) is 18.9 Å². The molecule has 0 aliphatic carbocycles. The van der Waals surface area contributed by atoms with Gasteiger partial charge in [0.1, 0.15) is 18.1 Å². The molecule has 148 valence electrons. The third kappa shape index (κ3) is 3.94. The number of aromatic nitrogens is 4. The van der Waals surface area contributed by atoms with Crippen LogP contribution < -0.4 is 5.73 Å². The summed E-state index contributed by atoms with van der Waals surface area (Å²) >= 11 is 0. The largest absolute Gasteiger partial charge is 0.382 e. The number of hydrogen-bond donors (Lipinski definition) is 1. The maximum absolute atomic E-state index is 6.20. The highest BCUT2D eigenvalue weighted by atomic mass is 31.1. The van der Waals surface area contributed by atoms with Gasteiger partial charge in [-0.05, 0) is 53.0 Å². The molecule has 0 saturated carbocycles. The van der Waals surface area contributed by atoms with E-state index in [0.717, 1.165) is 18.5 Å². The molecule has 9 heteroatoms. The summed E-state index contributed by atoms with van der Waals surface area (Å²) in [5.41, 5.74) is 7.43. The number of rotatable bonds is 5. The summed E-state index contributed by atoms with van der Waals surface area (Å²) in [5.74, 6) is 0.942. The van der Waals surface area contributed by atoms with Crippen molar-refractivity contribution in [3.63, 3.8) is 0 Å². The molecule has 4 heterocycles. The van der Waals surface area contributed by atoms with E-state index in [4.69, 9.17) is 15.0 Å². The van der Waals surface area contributed by atoms with Crippen molar-refractivity contribution in [2.24, 2.45) is 0 Å². The summed E-state index contributed by atoms with van der Waals surface area (Å²) in [5, 5.41) is 0. The molecule has 2 N–H and O–H groups in total. The minimum Gasteiger partial charge on any atom is -0.382 e. The number of nitrogens with zero attached hydrogens (tertiary/aromatic N) is 5. The Bertz CT molecular complexity index is 792. The third-order valence-electron chi connectivity index (χ3n) is 5.39. The number of nitrogen functional groups attached to an aromatic ring is 1. The Kier molecular flexibility index (Phi) is 5.34. The highest BCUT2D eigenvalue weighted by molar-refractivity contribution is 7.33. The van der Waals surface area contributed by atoms with E-state index in [0.29, 0.717) is 32.5 Å². The van der Waals surface area contributed by atoms with E-state index >= 15 is 0 Å². The first-order chi connectivity index (χ1) is 12.9. The fraction of sp³-hybridized carbons (Fsp3) is 0.722. The maximum atomic E-state index is 6.20. The van der Waals surface area contributed by atoms with Gasteiger partial charge in [-0.2, -0.15) is 0 Å². The summed E-state index contributed by atoms with van der Waals surface area (Å²) in [6.07, 6.45) is 7.64. The number of hydrogen-bond acceptors (Lipinski definition) is 7. The second-order valence-corrected chi connectivity index (χ2v) is 9.51. The van der Waals surface area contributed by atoms with Crippen LogP contribution in [0.25, 0.3) is 11.2 Å². The minimum atomic E-state index is -0.0706. The van der Waals surface area contributed by atoms with Gasteiger partial charge >= 0.3 is 0 Å². The molecule has 27 heavy (non-hydrogen) atoms. The zero-order valence-corrected chi connectivity index (χ0v) is 17.3. The minimum absolute atomic E-state index is 0.0706. The van der Waals surface area contributed by atoms with E-state index in [-0.39, 0.29) is 17.9 Å². The smallest absolute Gasteiger partial charge is 0.167 e. The third-order valence-corrected chi connectivity index (χ3v) is 6.59. The molecule has 2 aliphatic heterocycles. The Morgan fingerprint density at radius 3 is 2.93 bits per heavy atom. The average Bonchev–Trinajstić information content (AvgIpc) is 3.33. The molecule has 8 nitrogen and oxygen atoms in total. The van der Waals surface area contributed by atoms with Gasteiger partial charge in [-0.1, -0.05) is 0 Å². The van der Waals surface area contributed by atoms with E-state index in [1.165, 1.54) is 25.7 Å². The van der Waals surface area contributed by atoms with Crippen molar-refractivity contribution >= 4 is 25.8 Å². The number of likely N-dealkylation sites (tertiary alicyclic amines) is 1. The van der Waals surface area contributed by atoms with Gasteiger partial charge in [0.15, 0.2) is 11.5 Å². The maximum Gasteiger partial charge on any atom is 0.167 e. The van der Waals surface area contributed by atoms with Crippen molar-refractivity contribution < 1.29 is 9.26 Å². The SMILES string of the molecule is CC(C)(C)N1CCCC1POCC1CCC(n2cnc3c(N)ncnc32)O1. The lowest BCUT2D eigenvalue weighted by atomic mass is 10.1. The first-order valence-corrected chi connectivity index (χ1v) is 10.6. The molecule has 0 spiro atoms. The second-order valence-electron chi connectivity index (χ2n) is 8.32. The van der Waals surface area contributed by atoms with Gasteiger partial charge in [-0.3, -0.25) is 9.47 Å². The molecule has 2 aromatic heterocycles. The first kappa shape index (κ1) is 19.0. The van der Waals surface area contributed by atoms with Crippen molar-refractivity contribution in [1.82, 2.24) is 24.4 Å². The number of fused-ring (bicyclic) bond motifs is 1. The molecular formula is C18H29N6O2P. The number of ether oxygens (including phenoxy) is 1. The van der Waals surface area contributed by atoms with Crippen molar-refractivity contribution in [1.29, 1.82) is 0 Å². The summed E-state index contributed by atoms with van der Waals surface area (Å²) in [6, 6.07) is 0. The Hall–Kier alpha value is -1.34. The topological polar surface area (TPSA) is 91.3 Å². The van der Waals surface area contributed by atoms with Gasteiger partial charge in [-0.25, -0.2) is 15.0 Å². The lowest BCUT2D eigenvalue weighted by molar-refractivity contribution is -0.0141. The standard InChI is InChI=1S/C18H29N6O2P/c1-18(2,3)24-8-4-5-14(24)27-25-9-12-6-7-13(26-12)23-11-22-15-16(19)20-10-21-17(15)23/h10-14,27H,4-9H2,1-3H3,(H2,19,20,21). The lowest BCUT2D eigenvalue weighted by Crippen LogP contribution is -2.42. The van der Waals surface area contributed by atoms with Crippen LogP contribution in [0.2, 0.25) is 0 Å². The summed E-state index contributed by atoms with van der Waals surface area (Å²) < 4.78 is 14.2. The summed E-state index contributed by atoms with van der Waals surface area (Å²) in [6.45, 7) is 8.67. The van der Waals surface area contributed by atoms with Crippen LogP contribution >= 0.6 is 8.81 Å². The molecule has 4 unspecified atom stereocenters. The van der Waals surface area contributed by atoms with Crippen molar-refractivity contribution in [3.05, 3.63) is 12.7 Å². The number of nitrogens with two attached hydrogens (primary N) is 1. The van der Waals surface area contributed by atoms with E-state index in [1.807, 2.05) is 4.57 Å². The summed E-state index contributed by atoms with van der Waals surface area (Å²) in [7, 11) is 0.504. The van der Waals surface area contributed by atoms with Gasteiger partial charge in [0, 0.05) is 14.3 Å². The van der Waals surface area contributed by atoms with Crippen LogP contribution in [0.5, 0.6) is 0 Å². The normalized spacial score (nSPS) is 27.4. The molecule has 2 aliphatic rings. The van der Waals surface area contributed by atoms with Gasteiger partial charge in [0.05, 0.1) is 24.8 Å². The molecule has 0 aromatic carbocycles. The highest BCUT2D eigenvalue weighted by Gasteiger charge is 2.34. The molecule has 0 bridgehead atoms. The average molecular weight is 392 g/mol.